The number of nitrogens with one attached hydrogen (secondary N) is 1. The summed E-state index contributed by atoms with van der Waals surface area (Å²) in [4.78, 5) is 8.76. The van der Waals surface area contributed by atoms with Gasteiger partial charge >= 0.3 is 0 Å². The second-order valence-electron chi connectivity index (χ2n) is 3.59. The molecule has 0 saturated heterocycles. The molecule has 0 aliphatic carbocycles. The summed E-state index contributed by atoms with van der Waals surface area (Å²) in [5.74, 6) is 5.84. The molecule has 4 nitrogen and oxygen atoms in total. The Kier molecular flexibility index (Phi) is 4.63. The molecule has 18 heavy (non-hydrogen) atoms. The number of hydrazine groups is 1. The molecule has 1 heterocycles. The van der Waals surface area contributed by atoms with Crippen molar-refractivity contribution in [3.05, 3.63) is 54.4 Å². The van der Waals surface area contributed by atoms with Gasteiger partial charge in [0.1, 0.15) is 5.82 Å². The third-order valence-corrected chi connectivity index (χ3v) is 3.53. The Morgan fingerprint density at radius 2 is 2.17 bits per heavy atom. The number of aromatic nitrogens is 2. The number of hydrogen-bond acceptors (Lipinski definition) is 5. The Balaban J connectivity index is 2.02. The maximum Gasteiger partial charge on any atom is 0.136 e. The van der Waals surface area contributed by atoms with Gasteiger partial charge in [0.25, 0.3) is 0 Å². The van der Waals surface area contributed by atoms with E-state index in [0.717, 1.165) is 5.69 Å². The van der Waals surface area contributed by atoms with Crippen LogP contribution in [0.1, 0.15) is 11.7 Å². The van der Waals surface area contributed by atoms with E-state index in [1.54, 1.807) is 36.8 Å². The topological polar surface area (TPSA) is 63.8 Å². The van der Waals surface area contributed by atoms with Crippen LogP contribution in [0.25, 0.3) is 0 Å². The van der Waals surface area contributed by atoms with E-state index >= 15 is 0 Å². The van der Waals surface area contributed by atoms with Gasteiger partial charge in [-0.2, -0.15) is 0 Å². The Morgan fingerprint density at radius 3 is 2.83 bits per heavy atom. The van der Waals surface area contributed by atoms with Crippen LogP contribution in [0.2, 0.25) is 0 Å². The molecular weight excluding hydrogens is 251 g/mol. The number of nitrogens with zero attached hydrogens (tertiary/aromatic N) is 2. The van der Waals surface area contributed by atoms with Gasteiger partial charge in [-0.25, -0.2) is 4.39 Å². The first-order chi connectivity index (χ1) is 8.81. The summed E-state index contributed by atoms with van der Waals surface area (Å²) < 4.78 is 13.4. The second-order valence-corrected chi connectivity index (χ2v) is 4.65. The minimum atomic E-state index is -0.225. The van der Waals surface area contributed by atoms with Gasteiger partial charge < -0.3 is 0 Å². The molecule has 3 N–H and O–H groups in total. The summed E-state index contributed by atoms with van der Waals surface area (Å²) in [6, 6.07) is 6.49. The van der Waals surface area contributed by atoms with Crippen molar-refractivity contribution in [3.63, 3.8) is 0 Å². The van der Waals surface area contributed by atoms with Gasteiger partial charge in [-0.1, -0.05) is 12.1 Å². The fourth-order valence-electron chi connectivity index (χ4n) is 1.44. The Morgan fingerprint density at radius 1 is 1.33 bits per heavy atom. The summed E-state index contributed by atoms with van der Waals surface area (Å²) in [7, 11) is 0. The zero-order valence-corrected chi connectivity index (χ0v) is 10.4. The largest absolute Gasteiger partial charge is 0.271 e. The molecule has 0 amide bonds. The Bertz CT molecular complexity index is 494. The molecule has 0 aliphatic rings. The molecule has 0 spiro atoms. The minimum absolute atomic E-state index is 0.164. The van der Waals surface area contributed by atoms with Crippen LogP contribution in [0.4, 0.5) is 4.39 Å². The summed E-state index contributed by atoms with van der Waals surface area (Å²) in [6.45, 7) is 0. The monoisotopic (exact) mass is 264 g/mol. The first-order valence-electron chi connectivity index (χ1n) is 5.40. The minimum Gasteiger partial charge on any atom is -0.271 e. The number of halogens is 1. The molecule has 2 rings (SSSR count). The third kappa shape index (κ3) is 3.25. The van der Waals surface area contributed by atoms with Crippen LogP contribution in [0, 0.1) is 5.82 Å². The zero-order valence-electron chi connectivity index (χ0n) is 9.58. The lowest BCUT2D eigenvalue weighted by molar-refractivity contribution is 0.587. The highest BCUT2D eigenvalue weighted by atomic mass is 32.2. The van der Waals surface area contributed by atoms with Crippen LogP contribution < -0.4 is 11.3 Å². The zero-order chi connectivity index (χ0) is 12.8. The van der Waals surface area contributed by atoms with Crippen LogP contribution in [-0.2, 0) is 0 Å². The number of benzene rings is 1. The maximum atomic E-state index is 13.4. The van der Waals surface area contributed by atoms with Crippen molar-refractivity contribution in [2.45, 2.75) is 10.9 Å². The summed E-state index contributed by atoms with van der Waals surface area (Å²) in [5.41, 5.74) is 3.40. The summed E-state index contributed by atoms with van der Waals surface area (Å²) >= 11 is 1.39. The van der Waals surface area contributed by atoms with Crippen LogP contribution in [-0.4, -0.2) is 15.7 Å². The molecule has 0 aliphatic heterocycles. The average molecular weight is 264 g/mol. The molecule has 1 aromatic heterocycles. The summed E-state index contributed by atoms with van der Waals surface area (Å²) in [6.07, 6.45) is 4.85. The lowest BCUT2D eigenvalue weighted by Gasteiger charge is -2.14. The lowest BCUT2D eigenvalue weighted by Crippen LogP contribution is -2.30. The van der Waals surface area contributed by atoms with Crippen LogP contribution in [0.3, 0.4) is 0 Å². The van der Waals surface area contributed by atoms with Crippen LogP contribution in [0.5, 0.6) is 0 Å². The van der Waals surface area contributed by atoms with E-state index in [4.69, 9.17) is 5.84 Å². The molecule has 0 saturated carbocycles. The van der Waals surface area contributed by atoms with Gasteiger partial charge in [0.15, 0.2) is 0 Å². The van der Waals surface area contributed by atoms with Crippen molar-refractivity contribution in [1.29, 1.82) is 0 Å². The highest BCUT2D eigenvalue weighted by molar-refractivity contribution is 7.99. The Hall–Kier alpha value is -1.50. The SMILES string of the molecule is NNC(CSc1ccccc1F)c1cnccn1. The van der Waals surface area contributed by atoms with Gasteiger partial charge in [0.2, 0.25) is 0 Å². The van der Waals surface area contributed by atoms with Crippen molar-refractivity contribution < 1.29 is 4.39 Å². The van der Waals surface area contributed by atoms with Crippen molar-refractivity contribution in [2.24, 2.45) is 5.84 Å². The molecule has 94 valence electrons. The molecule has 0 radical (unpaired) electrons. The molecule has 1 aromatic carbocycles. The predicted octanol–water partition coefficient (Wildman–Crippen LogP) is 1.91. The standard InChI is InChI=1S/C12H13FN4S/c13-9-3-1-2-4-12(9)18-8-11(17-14)10-7-15-5-6-16-10/h1-7,11,17H,8,14H2. The number of rotatable bonds is 5. The first-order valence-corrected chi connectivity index (χ1v) is 6.39. The fourth-order valence-corrected chi connectivity index (χ4v) is 2.44. The van der Waals surface area contributed by atoms with Crippen molar-refractivity contribution in [1.82, 2.24) is 15.4 Å². The highest BCUT2D eigenvalue weighted by Gasteiger charge is 2.12. The molecule has 0 fully saturated rings. The van der Waals surface area contributed by atoms with Crippen molar-refractivity contribution in [3.8, 4) is 0 Å². The number of nitrogens with two attached hydrogens (primary N) is 1. The second kappa shape index (κ2) is 6.44. The molecular formula is C12H13FN4S. The van der Waals surface area contributed by atoms with Crippen molar-refractivity contribution >= 4 is 11.8 Å². The van der Waals surface area contributed by atoms with Crippen LogP contribution in [0.15, 0.2) is 47.8 Å². The quantitative estimate of drug-likeness (QED) is 0.490. The first kappa shape index (κ1) is 12.9. The maximum absolute atomic E-state index is 13.4. The van der Waals surface area contributed by atoms with E-state index in [-0.39, 0.29) is 11.9 Å². The number of hydrogen-bond donors (Lipinski definition) is 2. The average Bonchev–Trinajstić information content (AvgIpc) is 2.42. The molecule has 2 aromatic rings. The smallest absolute Gasteiger partial charge is 0.136 e. The Labute approximate surface area is 109 Å². The van der Waals surface area contributed by atoms with Gasteiger partial charge in [0.05, 0.1) is 17.9 Å². The van der Waals surface area contributed by atoms with Gasteiger partial charge in [0, 0.05) is 23.0 Å². The predicted molar refractivity (Wildman–Crippen MR) is 69.2 cm³/mol. The van der Waals surface area contributed by atoms with E-state index in [9.17, 15) is 4.39 Å². The molecule has 1 atom stereocenters. The van der Waals surface area contributed by atoms with E-state index in [2.05, 4.69) is 15.4 Å². The number of thioether (sulfide) groups is 1. The van der Waals surface area contributed by atoms with E-state index in [1.807, 2.05) is 0 Å². The lowest BCUT2D eigenvalue weighted by atomic mass is 10.2. The van der Waals surface area contributed by atoms with Gasteiger partial charge in [-0.05, 0) is 12.1 Å². The normalized spacial score (nSPS) is 12.3. The van der Waals surface area contributed by atoms with Crippen molar-refractivity contribution in [2.75, 3.05) is 5.75 Å². The van der Waals surface area contributed by atoms with E-state index < -0.39 is 0 Å². The third-order valence-electron chi connectivity index (χ3n) is 2.38. The highest BCUT2D eigenvalue weighted by Crippen LogP contribution is 2.25. The fraction of sp³-hybridized carbons (Fsp3) is 0.167. The van der Waals surface area contributed by atoms with Crippen LogP contribution >= 0.6 is 11.8 Å². The molecule has 6 heteroatoms. The molecule has 1 unspecified atom stereocenters. The summed E-state index contributed by atoms with van der Waals surface area (Å²) in [5, 5.41) is 0. The molecule has 0 bridgehead atoms. The van der Waals surface area contributed by atoms with Gasteiger partial charge in [-0.15, -0.1) is 11.8 Å². The van der Waals surface area contributed by atoms with E-state index in [1.165, 1.54) is 17.8 Å². The van der Waals surface area contributed by atoms with Gasteiger partial charge in [-0.3, -0.25) is 21.2 Å². The van der Waals surface area contributed by atoms with E-state index in [0.29, 0.717) is 10.6 Å².